The molecule has 0 saturated carbocycles. The number of fused-ring (bicyclic) bond motifs is 1. The Balaban J connectivity index is 1.18. The molecule has 0 bridgehead atoms. The van der Waals surface area contributed by atoms with E-state index in [1.54, 1.807) is 0 Å². The van der Waals surface area contributed by atoms with Crippen molar-refractivity contribution in [2.75, 3.05) is 18.0 Å². The van der Waals surface area contributed by atoms with Gasteiger partial charge in [-0.2, -0.15) is 0 Å². The molecule has 2 aromatic carbocycles. The fourth-order valence-corrected chi connectivity index (χ4v) is 4.96. The van der Waals surface area contributed by atoms with Crippen molar-refractivity contribution in [2.45, 2.75) is 39.2 Å². The first-order valence-corrected chi connectivity index (χ1v) is 12.2. The van der Waals surface area contributed by atoms with Crippen molar-refractivity contribution in [3.63, 3.8) is 0 Å². The molecule has 0 unspecified atom stereocenters. The van der Waals surface area contributed by atoms with Crippen LogP contribution < -0.4 is 10.2 Å². The van der Waals surface area contributed by atoms with Gasteiger partial charge in [0, 0.05) is 36.5 Å². The summed E-state index contributed by atoms with van der Waals surface area (Å²) in [5.41, 5.74) is 6.91. The van der Waals surface area contributed by atoms with E-state index in [4.69, 9.17) is 11.6 Å². The number of nitrogens with zero attached hydrogens (tertiary/aromatic N) is 3. The topological polar surface area (TPSA) is 49.6 Å². The number of amides is 1. The number of anilines is 1. The van der Waals surface area contributed by atoms with Gasteiger partial charge in [-0.15, -0.1) is 0 Å². The van der Waals surface area contributed by atoms with E-state index in [2.05, 4.69) is 51.6 Å². The predicted octanol–water partition coefficient (Wildman–Crippen LogP) is 5.92. The third-order valence-electron chi connectivity index (χ3n) is 6.75. The molecule has 174 valence electrons. The second kappa shape index (κ2) is 9.51. The maximum Gasteiger partial charge on any atom is 0.270 e. The molecule has 1 aliphatic rings. The van der Waals surface area contributed by atoms with Gasteiger partial charge in [-0.25, -0.2) is 4.98 Å². The van der Waals surface area contributed by atoms with Gasteiger partial charge >= 0.3 is 0 Å². The molecular formula is C28H29ClN4O. The Kier molecular flexibility index (Phi) is 6.29. The standard InChI is InChI=1S/C28H29ClN4O/c1-19-3-12-26-31-20(2)27(33(26)18-19)28(34)30-17-21-4-10-25(11-5-21)32-15-13-23(14-16-32)22-6-8-24(29)9-7-22/h3-12,18,23H,13-17H2,1-2H3,(H,30,34). The van der Waals surface area contributed by atoms with Gasteiger partial charge in [0.2, 0.25) is 0 Å². The summed E-state index contributed by atoms with van der Waals surface area (Å²) in [4.78, 5) is 19.9. The van der Waals surface area contributed by atoms with Crippen LogP contribution in [0.15, 0.2) is 66.9 Å². The van der Waals surface area contributed by atoms with Crippen LogP contribution in [0.5, 0.6) is 0 Å². The van der Waals surface area contributed by atoms with Crippen molar-refractivity contribution in [2.24, 2.45) is 0 Å². The van der Waals surface area contributed by atoms with Gasteiger partial charge in [0.1, 0.15) is 11.3 Å². The predicted molar refractivity (Wildman–Crippen MR) is 138 cm³/mol. The van der Waals surface area contributed by atoms with E-state index in [1.807, 2.05) is 48.7 Å². The Labute approximate surface area is 205 Å². The van der Waals surface area contributed by atoms with Crippen LogP contribution in [0.1, 0.15) is 51.6 Å². The zero-order valence-electron chi connectivity index (χ0n) is 19.6. The van der Waals surface area contributed by atoms with Crippen LogP contribution in [0, 0.1) is 13.8 Å². The summed E-state index contributed by atoms with van der Waals surface area (Å²) in [5.74, 6) is 0.485. The molecule has 3 heterocycles. The zero-order chi connectivity index (χ0) is 23.7. The van der Waals surface area contributed by atoms with Gasteiger partial charge in [-0.1, -0.05) is 41.9 Å². The molecule has 1 saturated heterocycles. The minimum absolute atomic E-state index is 0.107. The average Bonchev–Trinajstić information content (AvgIpc) is 3.18. The fourth-order valence-electron chi connectivity index (χ4n) is 4.84. The number of hydrogen-bond acceptors (Lipinski definition) is 3. The summed E-state index contributed by atoms with van der Waals surface area (Å²) in [6, 6.07) is 20.7. The van der Waals surface area contributed by atoms with Gasteiger partial charge in [-0.05, 0) is 79.6 Å². The summed E-state index contributed by atoms with van der Waals surface area (Å²) < 4.78 is 1.87. The first-order chi connectivity index (χ1) is 16.5. The summed E-state index contributed by atoms with van der Waals surface area (Å²) in [6.45, 7) is 6.45. The number of aryl methyl sites for hydroxylation is 2. The Morgan fingerprint density at radius 1 is 1.00 bits per heavy atom. The fraction of sp³-hybridized carbons (Fsp3) is 0.286. The number of halogens is 1. The highest BCUT2D eigenvalue weighted by atomic mass is 35.5. The molecule has 1 aliphatic heterocycles. The number of carbonyl (C=O) groups is 1. The Morgan fingerprint density at radius 3 is 2.41 bits per heavy atom. The minimum atomic E-state index is -0.107. The third-order valence-corrected chi connectivity index (χ3v) is 7.00. The average molecular weight is 473 g/mol. The van der Waals surface area contributed by atoms with Crippen LogP contribution in [-0.4, -0.2) is 28.4 Å². The lowest BCUT2D eigenvalue weighted by atomic mass is 9.89. The molecular weight excluding hydrogens is 444 g/mol. The van der Waals surface area contributed by atoms with Crippen molar-refractivity contribution in [1.82, 2.24) is 14.7 Å². The number of hydrogen-bond donors (Lipinski definition) is 1. The minimum Gasteiger partial charge on any atom is -0.371 e. The number of nitrogens with one attached hydrogen (secondary N) is 1. The van der Waals surface area contributed by atoms with E-state index in [1.165, 1.54) is 11.3 Å². The molecule has 1 N–H and O–H groups in total. The van der Waals surface area contributed by atoms with E-state index in [9.17, 15) is 4.79 Å². The van der Waals surface area contributed by atoms with Crippen LogP contribution in [0.4, 0.5) is 5.69 Å². The highest BCUT2D eigenvalue weighted by Gasteiger charge is 2.21. The Morgan fingerprint density at radius 2 is 1.71 bits per heavy atom. The monoisotopic (exact) mass is 472 g/mol. The molecule has 4 aromatic rings. The second-order valence-electron chi connectivity index (χ2n) is 9.14. The normalized spacial score (nSPS) is 14.5. The lowest BCUT2D eigenvalue weighted by molar-refractivity contribution is 0.0944. The molecule has 6 heteroatoms. The lowest BCUT2D eigenvalue weighted by Gasteiger charge is -2.34. The van der Waals surface area contributed by atoms with E-state index >= 15 is 0 Å². The molecule has 1 fully saturated rings. The van der Waals surface area contributed by atoms with E-state index in [-0.39, 0.29) is 5.91 Å². The SMILES string of the molecule is Cc1ccc2nc(C)c(C(=O)NCc3ccc(N4CCC(c5ccc(Cl)cc5)CC4)cc3)n2c1. The number of imidazole rings is 1. The largest absolute Gasteiger partial charge is 0.371 e. The van der Waals surface area contributed by atoms with Crippen molar-refractivity contribution in [3.05, 3.63) is 100.0 Å². The van der Waals surface area contributed by atoms with Crippen molar-refractivity contribution in [3.8, 4) is 0 Å². The molecule has 0 aliphatic carbocycles. The maximum absolute atomic E-state index is 12.9. The molecule has 5 nitrogen and oxygen atoms in total. The zero-order valence-corrected chi connectivity index (χ0v) is 20.3. The maximum atomic E-state index is 12.9. The van der Waals surface area contributed by atoms with E-state index < -0.39 is 0 Å². The first kappa shape index (κ1) is 22.5. The summed E-state index contributed by atoms with van der Waals surface area (Å²) in [6.07, 6.45) is 4.23. The first-order valence-electron chi connectivity index (χ1n) is 11.8. The summed E-state index contributed by atoms with van der Waals surface area (Å²) in [5, 5.41) is 3.85. The van der Waals surface area contributed by atoms with Gasteiger partial charge in [0.15, 0.2) is 0 Å². The van der Waals surface area contributed by atoms with E-state index in [0.717, 1.165) is 53.4 Å². The molecule has 34 heavy (non-hydrogen) atoms. The van der Waals surface area contributed by atoms with Crippen molar-refractivity contribution >= 4 is 28.8 Å². The van der Waals surface area contributed by atoms with Gasteiger partial charge < -0.3 is 10.2 Å². The summed E-state index contributed by atoms with van der Waals surface area (Å²) in [7, 11) is 0. The van der Waals surface area contributed by atoms with E-state index in [0.29, 0.717) is 18.2 Å². The van der Waals surface area contributed by atoms with Gasteiger partial charge in [0.25, 0.3) is 5.91 Å². The molecule has 2 aromatic heterocycles. The number of aromatic nitrogens is 2. The Hall–Kier alpha value is -3.31. The highest BCUT2D eigenvalue weighted by molar-refractivity contribution is 6.30. The van der Waals surface area contributed by atoms with Crippen LogP contribution >= 0.6 is 11.6 Å². The molecule has 1 amide bonds. The third kappa shape index (κ3) is 4.66. The van der Waals surface area contributed by atoms with Crippen LogP contribution in [0.2, 0.25) is 5.02 Å². The molecule has 5 rings (SSSR count). The quantitative estimate of drug-likeness (QED) is 0.392. The number of rotatable bonds is 5. The van der Waals surface area contributed by atoms with Crippen LogP contribution in [-0.2, 0) is 6.54 Å². The highest BCUT2D eigenvalue weighted by Crippen LogP contribution is 2.31. The number of benzene rings is 2. The number of carbonyl (C=O) groups excluding carboxylic acids is 1. The molecule has 0 spiro atoms. The Bertz CT molecular complexity index is 1300. The lowest BCUT2D eigenvalue weighted by Crippen LogP contribution is -2.32. The summed E-state index contributed by atoms with van der Waals surface area (Å²) >= 11 is 6.03. The van der Waals surface area contributed by atoms with Gasteiger partial charge in [0.05, 0.1) is 5.69 Å². The number of pyridine rings is 1. The number of piperidine rings is 1. The molecule has 0 radical (unpaired) electrons. The second-order valence-corrected chi connectivity index (χ2v) is 9.58. The van der Waals surface area contributed by atoms with Crippen molar-refractivity contribution in [1.29, 1.82) is 0 Å². The van der Waals surface area contributed by atoms with Crippen LogP contribution in [0.3, 0.4) is 0 Å². The van der Waals surface area contributed by atoms with Crippen molar-refractivity contribution < 1.29 is 4.79 Å². The van der Waals surface area contributed by atoms with Crippen LogP contribution in [0.25, 0.3) is 5.65 Å². The smallest absolute Gasteiger partial charge is 0.270 e. The van der Waals surface area contributed by atoms with Gasteiger partial charge in [-0.3, -0.25) is 9.20 Å². The molecule has 0 atom stereocenters.